The largest absolute Gasteiger partial charge is 0.341 e. The van der Waals surface area contributed by atoms with Crippen LogP contribution in [-0.2, 0) is 0 Å². The number of imidazole rings is 1. The highest BCUT2D eigenvalue weighted by atomic mass is 16.2. The van der Waals surface area contributed by atoms with Gasteiger partial charge in [0.1, 0.15) is 0 Å². The minimum absolute atomic E-state index is 0.243. The lowest BCUT2D eigenvalue weighted by atomic mass is 10.1. The molecule has 17 heavy (non-hydrogen) atoms. The summed E-state index contributed by atoms with van der Waals surface area (Å²) in [5, 5.41) is 5.27. The van der Waals surface area contributed by atoms with Crippen LogP contribution in [0.15, 0.2) is 24.5 Å². The number of nitrogens with zero attached hydrogens (tertiary/aromatic N) is 2. The van der Waals surface area contributed by atoms with Gasteiger partial charge >= 0.3 is 6.03 Å². The topological polar surface area (TPSA) is 58.4 Å². The maximum atomic E-state index is 11.3. The molecule has 5 nitrogen and oxygen atoms in total. The SMILES string of the molecule is CNC(=O)Nc1cccn2c(C(C)C)cnc12. The van der Waals surface area contributed by atoms with Crippen molar-refractivity contribution in [1.82, 2.24) is 14.7 Å². The quantitative estimate of drug-likeness (QED) is 0.834. The fraction of sp³-hybridized carbons (Fsp3) is 0.333. The summed E-state index contributed by atoms with van der Waals surface area (Å²) >= 11 is 0. The van der Waals surface area contributed by atoms with Crippen LogP contribution in [0.1, 0.15) is 25.5 Å². The zero-order chi connectivity index (χ0) is 12.4. The van der Waals surface area contributed by atoms with Crippen LogP contribution in [0.5, 0.6) is 0 Å². The van der Waals surface area contributed by atoms with E-state index in [-0.39, 0.29) is 6.03 Å². The molecule has 0 unspecified atom stereocenters. The van der Waals surface area contributed by atoms with Gasteiger partial charge in [0.15, 0.2) is 5.65 Å². The summed E-state index contributed by atoms with van der Waals surface area (Å²) in [5.74, 6) is 0.389. The number of pyridine rings is 1. The number of hydrogen-bond donors (Lipinski definition) is 2. The molecule has 5 heteroatoms. The van der Waals surface area contributed by atoms with Gasteiger partial charge in [-0.1, -0.05) is 13.8 Å². The van der Waals surface area contributed by atoms with Crippen LogP contribution in [0, 0.1) is 0 Å². The Labute approximate surface area is 99.9 Å². The Kier molecular flexibility index (Phi) is 2.99. The van der Waals surface area contributed by atoms with E-state index >= 15 is 0 Å². The number of nitrogens with one attached hydrogen (secondary N) is 2. The van der Waals surface area contributed by atoms with Crippen LogP contribution in [0.25, 0.3) is 5.65 Å². The van der Waals surface area contributed by atoms with Crippen LogP contribution >= 0.6 is 0 Å². The molecule has 2 heterocycles. The number of amides is 2. The normalized spacial score (nSPS) is 10.8. The lowest BCUT2D eigenvalue weighted by Crippen LogP contribution is -2.24. The van der Waals surface area contributed by atoms with Gasteiger partial charge in [-0.2, -0.15) is 0 Å². The smallest absolute Gasteiger partial charge is 0.319 e. The maximum absolute atomic E-state index is 11.3. The number of carbonyl (C=O) groups is 1. The van der Waals surface area contributed by atoms with Crippen LogP contribution < -0.4 is 10.6 Å². The van der Waals surface area contributed by atoms with E-state index in [1.165, 1.54) is 0 Å². The van der Waals surface area contributed by atoms with Gasteiger partial charge in [0.05, 0.1) is 5.69 Å². The predicted molar refractivity (Wildman–Crippen MR) is 67.4 cm³/mol. The zero-order valence-corrected chi connectivity index (χ0v) is 10.2. The number of carbonyl (C=O) groups excluding carboxylic acids is 1. The third-order valence-corrected chi connectivity index (χ3v) is 2.63. The number of anilines is 1. The van der Waals surface area contributed by atoms with E-state index in [0.717, 1.165) is 11.3 Å². The van der Waals surface area contributed by atoms with Gasteiger partial charge in [0.2, 0.25) is 0 Å². The van der Waals surface area contributed by atoms with E-state index in [2.05, 4.69) is 29.5 Å². The molecule has 0 aromatic carbocycles. The van der Waals surface area contributed by atoms with Crippen molar-refractivity contribution in [2.75, 3.05) is 12.4 Å². The zero-order valence-electron chi connectivity index (χ0n) is 10.2. The fourth-order valence-electron chi connectivity index (χ4n) is 1.74. The first-order chi connectivity index (χ1) is 8.13. The van der Waals surface area contributed by atoms with Gasteiger partial charge in [0.25, 0.3) is 0 Å². The number of urea groups is 1. The van der Waals surface area contributed by atoms with Gasteiger partial charge in [-0.25, -0.2) is 9.78 Å². The standard InChI is InChI=1S/C12H16N4O/c1-8(2)10-7-14-11-9(15-12(17)13-3)5-4-6-16(10)11/h4-8H,1-3H3,(H2,13,15,17). The molecule has 0 spiro atoms. The van der Waals surface area contributed by atoms with E-state index in [9.17, 15) is 4.79 Å². The molecule has 2 amide bonds. The first kappa shape index (κ1) is 11.4. The molecular weight excluding hydrogens is 216 g/mol. The Morgan fingerprint density at radius 1 is 1.47 bits per heavy atom. The minimum Gasteiger partial charge on any atom is -0.341 e. The van der Waals surface area contributed by atoms with Crippen LogP contribution in [0.3, 0.4) is 0 Å². The van der Waals surface area contributed by atoms with Crippen molar-refractivity contribution in [3.63, 3.8) is 0 Å². The number of rotatable bonds is 2. The highest BCUT2D eigenvalue weighted by molar-refractivity contribution is 5.92. The first-order valence-corrected chi connectivity index (χ1v) is 5.58. The van der Waals surface area contributed by atoms with Crippen molar-refractivity contribution >= 4 is 17.4 Å². The molecule has 0 atom stereocenters. The maximum Gasteiger partial charge on any atom is 0.319 e. The van der Waals surface area contributed by atoms with Crippen molar-refractivity contribution in [2.45, 2.75) is 19.8 Å². The van der Waals surface area contributed by atoms with Crippen LogP contribution in [-0.4, -0.2) is 22.5 Å². The molecule has 2 aromatic rings. The number of fused-ring (bicyclic) bond motifs is 1. The Hall–Kier alpha value is -2.04. The van der Waals surface area contributed by atoms with E-state index < -0.39 is 0 Å². The summed E-state index contributed by atoms with van der Waals surface area (Å²) in [6, 6.07) is 3.49. The van der Waals surface area contributed by atoms with E-state index in [0.29, 0.717) is 11.6 Å². The molecule has 2 rings (SSSR count). The van der Waals surface area contributed by atoms with E-state index in [4.69, 9.17) is 0 Å². The first-order valence-electron chi connectivity index (χ1n) is 5.58. The molecule has 90 valence electrons. The van der Waals surface area contributed by atoms with Crippen molar-refractivity contribution in [2.24, 2.45) is 0 Å². The molecule has 0 aliphatic heterocycles. The summed E-state index contributed by atoms with van der Waals surface area (Å²) in [5.41, 5.74) is 2.60. The van der Waals surface area contributed by atoms with E-state index in [1.807, 2.05) is 28.9 Å². The fourth-order valence-corrected chi connectivity index (χ4v) is 1.74. The van der Waals surface area contributed by atoms with Crippen molar-refractivity contribution in [3.8, 4) is 0 Å². The molecule has 2 N–H and O–H groups in total. The van der Waals surface area contributed by atoms with Gasteiger partial charge < -0.3 is 15.0 Å². The molecule has 0 saturated carbocycles. The average Bonchev–Trinajstić information content (AvgIpc) is 2.73. The third kappa shape index (κ3) is 2.08. The third-order valence-electron chi connectivity index (χ3n) is 2.63. The van der Waals surface area contributed by atoms with Gasteiger partial charge in [-0.15, -0.1) is 0 Å². The average molecular weight is 232 g/mol. The van der Waals surface area contributed by atoms with E-state index in [1.54, 1.807) is 7.05 Å². The monoisotopic (exact) mass is 232 g/mol. The molecular formula is C12H16N4O. The molecule has 0 bridgehead atoms. The predicted octanol–water partition coefficient (Wildman–Crippen LogP) is 2.21. The van der Waals surface area contributed by atoms with Crippen LogP contribution in [0.2, 0.25) is 0 Å². The summed E-state index contributed by atoms with van der Waals surface area (Å²) in [7, 11) is 1.58. The number of aromatic nitrogens is 2. The van der Waals surface area contributed by atoms with Gasteiger partial charge in [-0.05, 0) is 18.1 Å². The lowest BCUT2D eigenvalue weighted by molar-refractivity contribution is 0.254. The Morgan fingerprint density at radius 2 is 2.24 bits per heavy atom. The molecule has 0 saturated heterocycles. The van der Waals surface area contributed by atoms with Crippen molar-refractivity contribution < 1.29 is 4.79 Å². The Balaban J connectivity index is 2.48. The van der Waals surface area contributed by atoms with Crippen LogP contribution in [0.4, 0.5) is 10.5 Å². The highest BCUT2D eigenvalue weighted by Crippen LogP contribution is 2.21. The lowest BCUT2D eigenvalue weighted by Gasteiger charge is -2.08. The second kappa shape index (κ2) is 4.45. The second-order valence-corrected chi connectivity index (χ2v) is 4.16. The Bertz CT molecular complexity index is 544. The summed E-state index contributed by atoms with van der Waals surface area (Å²) < 4.78 is 2.00. The van der Waals surface area contributed by atoms with Gasteiger partial charge in [0, 0.05) is 25.1 Å². The summed E-state index contributed by atoms with van der Waals surface area (Å²) in [4.78, 5) is 15.7. The summed E-state index contributed by atoms with van der Waals surface area (Å²) in [6.07, 6.45) is 3.79. The Morgan fingerprint density at radius 3 is 2.88 bits per heavy atom. The molecule has 0 fully saturated rings. The van der Waals surface area contributed by atoms with Gasteiger partial charge in [-0.3, -0.25) is 0 Å². The highest BCUT2D eigenvalue weighted by Gasteiger charge is 2.10. The number of hydrogen-bond acceptors (Lipinski definition) is 2. The molecule has 0 aliphatic carbocycles. The van der Waals surface area contributed by atoms with Crippen molar-refractivity contribution in [1.29, 1.82) is 0 Å². The minimum atomic E-state index is -0.243. The van der Waals surface area contributed by atoms with Crippen molar-refractivity contribution in [3.05, 3.63) is 30.2 Å². The second-order valence-electron chi connectivity index (χ2n) is 4.16. The summed E-state index contributed by atoms with van der Waals surface area (Å²) in [6.45, 7) is 4.23. The molecule has 0 aliphatic rings. The molecule has 0 radical (unpaired) electrons. The molecule has 2 aromatic heterocycles.